The summed E-state index contributed by atoms with van der Waals surface area (Å²) in [6.07, 6.45) is 0. The molecule has 0 aliphatic rings. The van der Waals surface area contributed by atoms with Gasteiger partial charge in [0.05, 0.1) is 6.61 Å². The number of ether oxygens (including phenoxy) is 1. The molecule has 0 saturated heterocycles. The maximum atomic E-state index is 12.0. The zero-order valence-corrected chi connectivity index (χ0v) is 16.3. The Labute approximate surface area is 167 Å². The average Bonchev–Trinajstić information content (AvgIpc) is 2.70. The van der Waals surface area contributed by atoms with Crippen LogP contribution in [0.15, 0.2) is 84.9 Å². The molecule has 0 aliphatic heterocycles. The normalized spacial score (nSPS) is 11.2. The molecule has 0 unspecified atom stereocenters. The van der Waals surface area contributed by atoms with Crippen LogP contribution in [0.4, 0.5) is 13.2 Å². The Morgan fingerprint density at radius 3 is 1.52 bits per heavy atom. The lowest BCUT2D eigenvalue weighted by Crippen LogP contribution is -2.28. The van der Waals surface area contributed by atoms with Gasteiger partial charge in [-0.05, 0) is 42.3 Å². The Hall–Kier alpha value is -3.00. The van der Waals surface area contributed by atoms with Crippen LogP contribution in [0.3, 0.4) is 0 Å². The van der Waals surface area contributed by atoms with E-state index in [2.05, 4.69) is 52.7 Å². The van der Waals surface area contributed by atoms with Crippen LogP contribution in [0.25, 0.3) is 11.1 Å². The van der Waals surface area contributed by atoms with Crippen molar-refractivity contribution in [2.24, 2.45) is 0 Å². The Balaban J connectivity index is 0.000000218. The Bertz CT molecular complexity index is 934. The summed E-state index contributed by atoms with van der Waals surface area (Å²) in [5, 5.41) is 0. The molecule has 0 spiro atoms. The number of alkyl halides is 3. The Morgan fingerprint density at radius 1 is 0.724 bits per heavy atom. The van der Waals surface area contributed by atoms with Crippen LogP contribution in [0.2, 0.25) is 0 Å². The summed E-state index contributed by atoms with van der Waals surface area (Å²) in [7, 11) is -5.62. The van der Waals surface area contributed by atoms with Crippen LogP contribution in [0, 0.1) is 0 Å². The molecule has 29 heavy (non-hydrogen) atoms. The third-order valence-corrected chi connectivity index (χ3v) is 4.48. The van der Waals surface area contributed by atoms with Gasteiger partial charge in [0.15, 0.2) is 0 Å². The molecular formula is C21H19F3O4S. The van der Waals surface area contributed by atoms with Crippen LogP contribution in [0.1, 0.15) is 6.92 Å². The summed E-state index contributed by atoms with van der Waals surface area (Å²) in [6.45, 7) is 2.12. The third kappa shape index (κ3) is 6.83. The van der Waals surface area contributed by atoms with Crippen molar-refractivity contribution in [2.45, 2.75) is 12.4 Å². The molecule has 0 bridgehead atoms. The van der Waals surface area contributed by atoms with E-state index >= 15 is 0 Å². The largest absolute Gasteiger partial charge is 0.534 e. The standard InChI is InChI=1S/C12H10.C9H9F3O4S/c1-3-7-11(8-4-1)12-9-5-2-6-10-12;1-2-15-7-3-5-8(6-4-7)16-17(13,14)9(10,11)12/h1-10H;3-6H,2H2,1H3. The van der Waals surface area contributed by atoms with Gasteiger partial charge >= 0.3 is 15.6 Å². The number of hydrogen-bond donors (Lipinski definition) is 0. The van der Waals surface area contributed by atoms with E-state index in [4.69, 9.17) is 4.74 Å². The second kappa shape index (κ2) is 9.97. The van der Waals surface area contributed by atoms with Gasteiger partial charge in [-0.2, -0.15) is 21.6 Å². The molecule has 0 aromatic heterocycles. The topological polar surface area (TPSA) is 52.6 Å². The fourth-order valence-corrected chi connectivity index (χ4v) is 2.65. The zero-order chi connectivity index (χ0) is 21.3. The minimum absolute atomic E-state index is 0.390. The van der Waals surface area contributed by atoms with E-state index in [0.29, 0.717) is 12.4 Å². The van der Waals surface area contributed by atoms with E-state index in [1.54, 1.807) is 6.92 Å². The summed E-state index contributed by atoms with van der Waals surface area (Å²) in [4.78, 5) is 0. The SMILES string of the molecule is CCOc1ccc(OS(=O)(=O)C(F)(F)F)cc1.c1ccc(-c2ccccc2)cc1. The Morgan fingerprint density at radius 2 is 1.14 bits per heavy atom. The molecule has 0 N–H and O–H groups in total. The smallest absolute Gasteiger partial charge is 0.494 e. The van der Waals surface area contributed by atoms with Gasteiger partial charge in [0.1, 0.15) is 11.5 Å². The monoisotopic (exact) mass is 424 g/mol. The highest BCUT2D eigenvalue weighted by Crippen LogP contribution is 2.27. The lowest BCUT2D eigenvalue weighted by molar-refractivity contribution is -0.0500. The predicted molar refractivity (Wildman–Crippen MR) is 105 cm³/mol. The summed E-state index contributed by atoms with van der Waals surface area (Å²) in [6, 6.07) is 25.6. The lowest BCUT2D eigenvalue weighted by Gasteiger charge is -2.09. The molecule has 4 nitrogen and oxygen atoms in total. The fraction of sp³-hybridized carbons (Fsp3) is 0.143. The second-order valence-electron chi connectivity index (χ2n) is 5.62. The highest BCUT2D eigenvalue weighted by atomic mass is 32.2. The van der Waals surface area contributed by atoms with E-state index in [9.17, 15) is 21.6 Å². The predicted octanol–water partition coefficient (Wildman–Crippen LogP) is 5.67. The molecule has 3 aromatic carbocycles. The molecule has 0 heterocycles. The van der Waals surface area contributed by atoms with Crippen molar-refractivity contribution in [3.63, 3.8) is 0 Å². The first-order valence-electron chi connectivity index (χ1n) is 8.57. The van der Waals surface area contributed by atoms with Gasteiger partial charge in [0.25, 0.3) is 0 Å². The van der Waals surface area contributed by atoms with Gasteiger partial charge in [-0.15, -0.1) is 0 Å². The zero-order valence-electron chi connectivity index (χ0n) is 15.5. The summed E-state index contributed by atoms with van der Waals surface area (Å²) in [5.74, 6) is -0.0185. The molecule has 0 saturated carbocycles. The molecule has 0 atom stereocenters. The van der Waals surface area contributed by atoms with Crippen molar-refractivity contribution in [3.05, 3.63) is 84.9 Å². The van der Waals surface area contributed by atoms with Crippen molar-refractivity contribution in [1.82, 2.24) is 0 Å². The minimum atomic E-state index is -5.62. The van der Waals surface area contributed by atoms with Gasteiger partial charge < -0.3 is 8.92 Å². The first kappa shape index (κ1) is 22.3. The van der Waals surface area contributed by atoms with Crippen LogP contribution < -0.4 is 8.92 Å². The second-order valence-corrected chi connectivity index (χ2v) is 7.16. The number of rotatable bonds is 5. The van der Waals surface area contributed by atoms with Gasteiger partial charge in [-0.25, -0.2) is 0 Å². The molecular weight excluding hydrogens is 405 g/mol. The van der Waals surface area contributed by atoms with Gasteiger partial charge in [-0.1, -0.05) is 60.7 Å². The third-order valence-electron chi connectivity index (χ3n) is 3.51. The van der Waals surface area contributed by atoms with Crippen molar-refractivity contribution < 1.29 is 30.5 Å². The van der Waals surface area contributed by atoms with Gasteiger partial charge in [0.2, 0.25) is 0 Å². The molecule has 3 aromatic rings. The molecule has 3 rings (SSSR count). The maximum absolute atomic E-state index is 12.0. The first-order valence-corrected chi connectivity index (χ1v) is 9.98. The maximum Gasteiger partial charge on any atom is 0.534 e. The minimum Gasteiger partial charge on any atom is -0.494 e. The van der Waals surface area contributed by atoms with Crippen molar-refractivity contribution in [2.75, 3.05) is 6.61 Å². The molecule has 0 amide bonds. The Kier molecular flexibility index (Phi) is 7.67. The first-order chi connectivity index (χ1) is 13.7. The van der Waals surface area contributed by atoms with Gasteiger partial charge in [-0.3, -0.25) is 0 Å². The summed E-state index contributed by atoms with van der Waals surface area (Å²) in [5.41, 5.74) is -2.89. The van der Waals surface area contributed by atoms with E-state index < -0.39 is 21.4 Å². The van der Waals surface area contributed by atoms with E-state index in [1.165, 1.54) is 23.3 Å². The summed E-state index contributed by atoms with van der Waals surface area (Å²) < 4.78 is 66.2. The lowest BCUT2D eigenvalue weighted by atomic mass is 10.1. The number of benzene rings is 3. The van der Waals surface area contributed by atoms with Crippen LogP contribution in [0.5, 0.6) is 11.5 Å². The average molecular weight is 424 g/mol. The van der Waals surface area contributed by atoms with Crippen LogP contribution >= 0.6 is 0 Å². The van der Waals surface area contributed by atoms with E-state index in [1.807, 2.05) is 12.1 Å². The highest BCUT2D eigenvalue weighted by molar-refractivity contribution is 7.88. The van der Waals surface area contributed by atoms with Crippen LogP contribution in [-0.4, -0.2) is 20.5 Å². The number of halogens is 3. The van der Waals surface area contributed by atoms with Crippen molar-refractivity contribution in [1.29, 1.82) is 0 Å². The molecule has 0 fully saturated rings. The number of hydrogen-bond acceptors (Lipinski definition) is 4. The summed E-state index contributed by atoms with van der Waals surface area (Å²) >= 11 is 0. The van der Waals surface area contributed by atoms with E-state index in [-0.39, 0.29) is 0 Å². The molecule has 0 radical (unpaired) electrons. The van der Waals surface area contributed by atoms with Gasteiger partial charge in [0, 0.05) is 0 Å². The molecule has 0 aliphatic carbocycles. The van der Waals surface area contributed by atoms with Crippen molar-refractivity contribution >= 4 is 10.1 Å². The molecule has 154 valence electrons. The quantitative estimate of drug-likeness (QED) is 0.391. The van der Waals surface area contributed by atoms with Crippen LogP contribution in [-0.2, 0) is 10.1 Å². The van der Waals surface area contributed by atoms with E-state index in [0.717, 1.165) is 12.1 Å². The van der Waals surface area contributed by atoms with Crippen molar-refractivity contribution in [3.8, 4) is 22.6 Å². The highest BCUT2D eigenvalue weighted by Gasteiger charge is 2.48. The fourth-order valence-electron chi connectivity index (χ4n) is 2.19. The molecule has 8 heteroatoms.